The van der Waals surface area contributed by atoms with Gasteiger partial charge in [0.15, 0.2) is 0 Å². The van der Waals surface area contributed by atoms with Crippen LogP contribution in [0.15, 0.2) is 23.7 Å². The number of nitrogens with zero attached hydrogens (tertiary/aromatic N) is 1. The molecule has 1 atom stereocenters. The molecule has 2 rings (SSSR count). The van der Waals surface area contributed by atoms with Gasteiger partial charge in [0, 0.05) is 18.0 Å². The first kappa shape index (κ1) is 10.9. The Kier molecular flexibility index (Phi) is 3.05. The monoisotopic (exact) mass is 236 g/mol. The number of hydrogen-bond donors (Lipinski definition) is 2. The lowest BCUT2D eigenvalue weighted by Gasteiger charge is -2.01. The summed E-state index contributed by atoms with van der Waals surface area (Å²) in [5.74, 6) is -1.17. The van der Waals surface area contributed by atoms with Crippen LogP contribution in [0.4, 0.5) is 0 Å². The molecule has 4 nitrogen and oxygen atoms in total. The van der Waals surface area contributed by atoms with Crippen molar-refractivity contribution in [1.29, 1.82) is 0 Å². The second kappa shape index (κ2) is 4.49. The van der Waals surface area contributed by atoms with Crippen LogP contribution in [0, 0.1) is 5.92 Å². The summed E-state index contributed by atoms with van der Waals surface area (Å²) in [5, 5.41) is 11.6. The van der Waals surface area contributed by atoms with E-state index in [0.29, 0.717) is 6.42 Å². The Balaban J connectivity index is 2.11. The van der Waals surface area contributed by atoms with E-state index in [1.165, 1.54) is 11.3 Å². The zero-order valence-electron chi connectivity index (χ0n) is 8.80. The van der Waals surface area contributed by atoms with Crippen LogP contribution in [0.3, 0.4) is 0 Å². The van der Waals surface area contributed by atoms with Crippen molar-refractivity contribution in [2.75, 3.05) is 0 Å². The fourth-order valence-electron chi connectivity index (χ4n) is 1.39. The molecule has 0 bridgehead atoms. The minimum atomic E-state index is -0.783. The molecule has 2 heterocycles. The maximum atomic E-state index is 10.7. The van der Waals surface area contributed by atoms with Gasteiger partial charge in [-0.05, 0) is 12.1 Å². The summed E-state index contributed by atoms with van der Waals surface area (Å²) < 4.78 is 0. The van der Waals surface area contributed by atoms with Gasteiger partial charge in [-0.15, -0.1) is 11.3 Å². The lowest BCUT2D eigenvalue weighted by atomic mass is 10.1. The number of carbonyl (C=O) groups is 1. The smallest absolute Gasteiger partial charge is 0.306 e. The van der Waals surface area contributed by atoms with Gasteiger partial charge in [0.05, 0.1) is 17.3 Å². The third kappa shape index (κ3) is 2.30. The third-order valence-corrected chi connectivity index (χ3v) is 3.24. The molecule has 0 aromatic carbocycles. The topological polar surface area (TPSA) is 66.0 Å². The highest BCUT2D eigenvalue weighted by molar-refractivity contribution is 7.13. The van der Waals surface area contributed by atoms with Crippen LogP contribution in [0.2, 0.25) is 0 Å². The normalized spacial score (nSPS) is 12.6. The van der Waals surface area contributed by atoms with Gasteiger partial charge in [-0.3, -0.25) is 4.79 Å². The number of aromatic amines is 1. The van der Waals surface area contributed by atoms with Gasteiger partial charge in [-0.1, -0.05) is 6.92 Å². The lowest BCUT2D eigenvalue weighted by Crippen LogP contribution is -2.12. The number of carboxylic acids is 1. The number of thiazole rings is 1. The molecule has 2 aromatic heterocycles. The number of H-pyrrole nitrogens is 1. The van der Waals surface area contributed by atoms with E-state index in [4.69, 9.17) is 5.11 Å². The van der Waals surface area contributed by atoms with Crippen molar-refractivity contribution in [3.05, 3.63) is 29.4 Å². The van der Waals surface area contributed by atoms with Gasteiger partial charge in [-0.2, -0.15) is 0 Å². The molecule has 0 aliphatic carbocycles. The second-order valence-corrected chi connectivity index (χ2v) is 4.53. The Morgan fingerprint density at radius 2 is 2.50 bits per heavy atom. The first-order valence-electron chi connectivity index (χ1n) is 4.98. The zero-order valence-corrected chi connectivity index (χ0v) is 9.62. The summed E-state index contributed by atoms with van der Waals surface area (Å²) in [5.41, 5.74) is 1.81. The molecule has 2 aromatic rings. The fraction of sp³-hybridized carbons (Fsp3) is 0.273. The van der Waals surface area contributed by atoms with Gasteiger partial charge in [0.1, 0.15) is 5.01 Å². The van der Waals surface area contributed by atoms with Crippen molar-refractivity contribution < 1.29 is 9.90 Å². The number of hydrogen-bond acceptors (Lipinski definition) is 3. The van der Waals surface area contributed by atoms with Gasteiger partial charge < -0.3 is 10.1 Å². The zero-order chi connectivity index (χ0) is 11.5. The van der Waals surface area contributed by atoms with Gasteiger partial charge in [0.2, 0.25) is 0 Å². The van der Waals surface area contributed by atoms with Crippen molar-refractivity contribution in [3.8, 4) is 10.7 Å². The Bertz CT molecular complexity index is 476. The van der Waals surface area contributed by atoms with E-state index in [1.54, 1.807) is 6.92 Å². The molecule has 0 saturated heterocycles. The van der Waals surface area contributed by atoms with E-state index >= 15 is 0 Å². The van der Waals surface area contributed by atoms with Crippen molar-refractivity contribution in [2.24, 2.45) is 5.92 Å². The van der Waals surface area contributed by atoms with E-state index in [-0.39, 0.29) is 0 Å². The Hall–Kier alpha value is -1.62. The second-order valence-electron chi connectivity index (χ2n) is 3.67. The van der Waals surface area contributed by atoms with Gasteiger partial charge in [-0.25, -0.2) is 4.98 Å². The summed E-state index contributed by atoms with van der Waals surface area (Å²) in [6.45, 7) is 1.69. The van der Waals surface area contributed by atoms with Crippen LogP contribution >= 0.6 is 11.3 Å². The summed E-state index contributed by atoms with van der Waals surface area (Å²) in [4.78, 5) is 18.2. The van der Waals surface area contributed by atoms with Crippen LogP contribution in [-0.2, 0) is 11.2 Å². The number of carboxylic acid groups (broad SMARTS) is 1. The standard InChI is InChI=1S/C11H12N2O2S/c1-7(11(14)15)5-8-6-16-10(13-8)9-3-2-4-12-9/h2-4,6-7,12H,5H2,1H3,(H,14,15). The minimum Gasteiger partial charge on any atom is -0.481 e. The predicted octanol–water partition coefficient (Wildman–Crippen LogP) is 2.40. The SMILES string of the molecule is CC(Cc1csc(-c2ccc[nH]2)n1)C(=O)O. The van der Waals surface area contributed by atoms with Crippen molar-refractivity contribution >= 4 is 17.3 Å². The first-order chi connectivity index (χ1) is 7.66. The number of nitrogens with one attached hydrogen (secondary N) is 1. The molecule has 0 aliphatic rings. The van der Waals surface area contributed by atoms with Gasteiger partial charge in [0.25, 0.3) is 0 Å². The highest BCUT2D eigenvalue weighted by Gasteiger charge is 2.14. The van der Waals surface area contributed by atoms with E-state index in [2.05, 4.69) is 9.97 Å². The molecule has 0 amide bonds. The molecule has 0 spiro atoms. The van der Waals surface area contributed by atoms with E-state index in [9.17, 15) is 4.79 Å². The molecule has 0 saturated carbocycles. The highest BCUT2D eigenvalue weighted by Crippen LogP contribution is 2.23. The van der Waals surface area contributed by atoms with Crippen LogP contribution in [-0.4, -0.2) is 21.0 Å². The van der Waals surface area contributed by atoms with E-state index < -0.39 is 11.9 Å². The lowest BCUT2D eigenvalue weighted by molar-refractivity contribution is -0.141. The van der Waals surface area contributed by atoms with Crippen LogP contribution in [0.5, 0.6) is 0 Å². The first-order valence-corrected chi connectivity index (χ1v) is 5.85. The molecular formula is C11H12N2O2S. The Morgan fingerprint density at radius 1 is 1.69 bits per heavy atom. The number of rotatable bonds is 4. The molecule has 2 N–H and O–H groups in total. The van der Waals surface area contributed by atoms with Gasteiger partial charge >= 0.3 is 5.97 Å². The quantitative estimate of drug-likeness (QED) is 0.856. The fourth-order valence-corrected chi connectivity index (χ4v) is 2.21. The summed E-state index contributed by atoms with van der Waals surface area (Å²) in [7, 11) is 0. The summed E-state index contributed by atoms with van der Waals surface area (Å²) >= 11 is 1.53. The Labute approximate surface area is 97.0 Å². The molecule has 5 heteroatoms. The minimum absolute atomic E-state index is 0.390. The average molecular weight is 236 g/mol. The molecule has 16 heavy (non-hydrogen) atoms. The molecular weight excluding hydrogens is 224 g/mol. The summed E-state index contributed by atoms with van der Waals surface area (Å²) in [6.07, 6.45) is 2.32. The Morgan fingerprint density at radius 3 is 3.12 bits per heavy atom. The maximum absolute atomic E-state index is 10.7. The number of aliphatic carboxylic acids is 1. The third-order valence-electron chi connectivity index (χ3n) is 2.32. The number of aromatic nitrogens is 2. The maximum Gasteiger partial charge on any atom is 0.306 e. The van der Waals surface area contributed by atoms with Crippen molar-refractivity contribution in [2.45, 2.75) is 13.3 Å². The molecule has 0 fully saturated rings. The summed E-state index contributed by atoms with van der Waals surface area (Å²) in [6, 6.07) is 3.86. The van der Waals surface area contributed by atoms with Crippen molar-refractivity contribution in [3.63, 3.8) is 0 Å². The van der Waals surface area contributed by atoms with E-state index in [0.717, 1.165) is 16.4 Å². The highest BCUT2D eigenvalue weighted by atomic mass is 32.1. The van der Waals surface area contributed by atoms with Crippen LogP contribution in [0.25, 0.3) is 10.7 Å². The van der Waals surface area contributed by atoms with Crippen LogP contribution < -0.4 is 0 Å². The molecule has 84 valence electrons. The molecule has 1 unspecified atom stereocenters. The van der Waals surface area contributed by atoms with Crippen molar-refractivity contribution in [1.82, 2.24) is 9.97 Å². The largest absolute Gasteiger partial charge is 0.481 e. The van der Waals surface area contributed by atoms with E-state index in [1.807, 2.05) is 23.7 Å². The molecule has 0 aliphatic heterocycles. The average Bonchev–Trinajstić information content (AvgIpc) is 2.85. The predicted molar refractivity (Wildman–Crippen MR) is 62.4 cm³/mol. The van der Waals surface area contributed by atoms with Crippen LogP contribution in [0.1, 0.15) is 12.6 Å². The molecule has 0 radical (unpaired) electrons.